The van der Waals surface area contributed by atoms with E-state index in [1.165, 1.54) is 34.9 Å². The molecular formula is C17H14F2S2. The third-order valence-corrected chi connectivity index (χ3v) is 5.85. The van der Waals surface area contributed by atoms with E-state index in [9.17, 15) is 8.78 Å². The summed E-state index contributed by atoms with van der Waals surface area (Å²) in [5, 5.41) is 0. The van der Waals surface area contributed by atoms with Gasteiger partial charge in [-0.1, -0.05) is 24.3 Å². The van der Waals surface area contributed by atoms with Crippen LogP contribution in [0.25, 0.3) is 5.57 Å². The average molecular weight is 320 g/mol. The van der Waals surface area contributed by atoms with Gasteiger partial charge in [0.2, 0.25) is 0 Å². The van der Waals surface area contributed by atoms with Gasteiger partial charge in [-0.15, -0.1) is 23.5 Å². The minimum Gasteiger partial charge on any atom is -0.207 e. The molecule has 0 nitrogen and oxygen atoms in total. The summed E-state index contributed by atoms with van der Waals surface area (Å²) in [6, 6.07) is 13.0. The second-order valence-electron chi connectivity index (χ2n) is 4.73. The van der Waals surface area contributed by atoms with Crippen LogP contribution in [0.5, 0.6) is 0 Å². The van der Waals surface area contributed by atoms with E-state index < -0.39 is 0 Å². The molecule has 0 aromatic heterocycles. The minimum absolute atomic E-state index is 0.244. The minimum atomic E-state index is -0.244. The summed E-state index contributed by atoms with van der Waals surface area (Å²) in [7, 11) is 0. The van der Waals surface area contributed by atoms with Gasteiger partial charge in [0.25, 0.3) is 0 Å². The Morgan fingerprint density at radius 2 is 1.14 bits per heavy atom. The molecule has 0 aliphatic carbocycles. The van der Waals surface area contributed by atoms with Gasteiger partial charge in [0.15, 0.2) is 0 Å². The molecule has 108 valence electrons. The summed E-state index contributed by atoms with van der Waals surface area (Å²) in [4.78, 5) is 0. The normalized spacial score (nSPS) is 15.0. The van der Waals surface area contributed by atoms with Crippen molar-refractivity contribution >= 4 is 29.1 Å². The molecular weight excluding hydrogens is 306 g/mol. The second-order valence-corrected chi connectivity index (χ2v) is 7.20. The SMILES string of the molecule is Fc1ccc(C(=C2SCCCS2)c2ccc(F)cc2)cc1. The Bertz CT molecular complexity index is 590. The van der Waals surface area contributed by atoms with Gasteiger partial charge in [-0.3, -0.25) is 0 Å². The number of thioether (sulfide) groups is 2. The lowest BCUT2D eigenvalue weighted by molar-refractivity contribution is 0.627. The molecule has 1 aliphatic heterocycles. The van der Waals surface area contributed by atoms with Crippen LogP contribution < -0.4 is 0 Å². The van der Waals surface area contributed by atoms with E-state index in [0.717, 1.165) is 28.2 Å². The first-order valence-corrected chi connectivity index (χ1v) is 8.73. The van der Waals surface area contributed by atoms with Crippen LogP contribution in [0, 0.1) is 11.6 Å². The molecule has 0 N–H and O–H groups in total. The molecule has 0 atom stereocenters. The van der Waals surface area contributed by atoms with Crippen molar-refractivity contribution in [1.29, 1.82) is 0 Å². The van der Waals surface area contributed by atoms with Crippen molar-refractivity contribution < 1.29 is 8.78 Å². The van der Waals surface area contributed by atoms with Crippen molar-refractivity contribution in [3.63, 3.8) is 0 Å². The molecule has 1 aliphatic rings. The molecule has 0 unspecified atom stereocenters. The van der Waals surface area contributed by atoms with Crippen molar-refractivity contribution in [2.45, 2.75) is 6.42 Å². The van der Waals surface area contributed by atoms with Gasteiger partial charge in [0.05, 0.1) is 0 Å². The smallest absolute Gasteiger partial charge is 0.123 e. The van der Waals surface area contributed by atoms with E-state index >= 15 is 0 Å². The molecule has 2 aromatic carbocycles. The number of halogens is 2. The largest absolute Gasteiger partial charge is 0.207 e. The second kappa shape index (κ2) is 6.67. The van der Waals surface area contributed by atoms with Gasteiger partial charge in [-0.05, 0) is 53.3 Å². The Kier molecular flexibility index (Phi) is 4.66. The molecule has 0 spiro atoms. The highest BCUT2D eigenvalue weighted by Crippen LogP contribution is 2.42. The van der Waals surface area contributed by atoms with Crippen LogP contribution >= 0.6 is 23.5 Å². The van der Waals surface area contributed by atoms with E-state index in [2.05, 4.69) is 0 Å². The van der Waals surface area contributed by atoms with Gasteiger partial charge in [0, 0.05) is 9.81 Å². The first-order chi connectivity index (χ1) is 10.2. The molecule has 0 radical (unpaired) electrons. The van der Waals surface area contributed by atoms with Crippen LogP contribution in [-0.2, 0) is 0 Å². The maximum atomic E-state index is 13.2. The molecule has 0 saturated carbocycles. The van der Waals surface area contributed by atoms with Crippen molar-refractivity contribution in [3.05, 3.63) is 75.5 Å². The highest BCUT2D eigenvalue weighted by Gasteiger charge is 2.16. The van der Waals surface area contributed by atoms with Gasteiger partial charge >= 0.3 is 0 Å². The Balaban J connectivity index is 2.10. The zero-order valence-corrected chi connectivity index (χ0v) is 12.9. The maximum Gasteiger partial charge on any atom is 0.123 e. The first kappa shape index (κ1) is 14.7. The van der Waals surface area contributed by atoms with E-state index in [1.807, 2.05) is 23.5 Å². The molecule has 1 saturated heterocycles. The molecule has 4 heteroatoms. The number of rotatable bonds is 2. The fraction of sp³-hybridized carbons (Fsp3) is 0.176. The lowest BCUT2D eigenvalue weighted by Crippen LogP contribution is -1.98. The number of benzene rings is 2. The summed E-state index contributed by atoms with van der Waals surface area (Å²) in [6.07, 6.45) is 1.19. The Hall–Kier alpha value is -1.26. The summed E-state index contributed by atoms with van der Waals surface area (Å²) < 4.78 is 27.6. The summed E-state index contributed by atoms with van der Waals surface area (Å²) in [5.74, 6) is 1.69. The highest BCUT2D eigenvalue weighted by molar-refractivity contribution is 8.23. The number of hydrogen-bond donors (Lipinski definition) is 0. The standard InChI is InChI=1S/C17H14F2S2/c18-14-6-2-12(3-7-14)16(17-20-10-1-11-21-17)13-4-8-15(19)9-5-13/h2-9H,1,10-11H2. The van der Waals surface area contributed by atoms with Crippen LogP contribution in [0.1, 0.15) is 17.5 Å². The van der Waals surface area contributed by atoms with E-state index in [0.29, 0.717) is 0 Å². The Morgan fingerprint density at radius 3 is 1.57 bits per heavy atom. The van der Waals surface area contributed by atoms with Crippen molar-refractivity contribution in [3.8, 4) is 0 Å². The Morgan fingerprint density at radius 1 is 0.714 bits per heavy atom. The molecule has 1 heterocycles. The maximum absolute atomic E-state index is 13.2. The highest BCUT2D eigenvalue weighted by atomic mass is 32.2. The van der Waals surface area contributed by atoms with Crippen molar-refractivity contribution in [2.75, 3.05) is 11.5 Å². The van der Waals surface area contributed by atoms with Crippen LogP contribution in [0.2, 0.25) is 0 Å². The number of hydrogen-bond acceptors (Lipinski definition) is 2. The van der Waals surface area contributed by atoms with E-state index in [1.54, 1.807) is 24.3 Å². The van der Waals surface area contributed by atoms with Gasteiger partial charge in [0.1, 0.15) is 11.6 Å². The lowest BCUT2D eigenvalue weighted by atomic mass is 9.99. The van der Waals surface area contributed by atoms with Gasteiger partial charge in [-0.25, -0.2) is 8.78 Å². The van der Waals surface area contributed by atoms with Crippen LogP contribution in [-0.4, -0.2) is 11.5 Å². The lowest BCUT2D eigenvalue weighted by Gasteiger charge is -2.19. The Labute approximate surface area is 131 Å². The zero-order chi connectivity index (χ0) is 14.7. The molecule has 0 bridgehead atoms. The summed E-state index contributed by atoms with van der Waals surface area (Å²) in [6.45, 7) is 0. The predicted molar refractivity (Wildman–Crippen MR) is 88.4 cm³/mol. The summed E-state index contributed by atoms with van der Waals surface area (Å²) >= 11 is 3.65. The van der Waals surface area contributed by atoms with E-state index in [-0.39, 0.29) is 11.6 Å². The molecule has 2 aromatic rings. The molecule has 21 heavy (non-hydrogen) atoms. The van der Waals surface area contributed by atoms with Gasteiger partial charge < -0.3 is 0 Å². The fourth-order valence-electron chi connectivity index (χ4n) is 2.21. The fourth-order valence-corrected chi connectivity index (χ4v) is 4.93. The third-order valence-electron chi connectivity index (χ3n) is 3.22. The zero-order valence-electron chi connectivity index (χ0n) is 11.3. The summed E-state index contributed by atoms with van der Waals surface area (Å²) in [5.41, 5.74) is 3.02. The van der Waals surface area contributed by atoms with Crippen molar-refractivity contribution in [1.82, 2.24) is 0 Å². The molecule has 1 fully saturated rings. The van der Waals surface area contributed by atoms with E-state index in [4.69, 9.17) is 0 Å². The van der Waals surface area contributed by atoms with Crippen LogP contribution in [0.3, 0.4) is 0 Å². The topological polar surface area (TPSA) is 0 Å². The van der Waals surface area contributed by atoms with Crippen LogP contribution in [0.4, 0.5) is 8.78 Å². The monoisotopic (exact) mass is 320 g/mol. The quantitative estimate of drug-likeness (QED) is 0.711. The van der Waals surface area contributed by atoms with Crippen LogP contribution in [0.15, 0.2) is 52.8 Å². The van der Waals surface area contributed by atoms with Gasteiger partial charge in [-0.2, -0.15) is 0 Å². The third kappa shape index (κ3) is 3.50. The van der Waals surface area contributed by atoms with Crippen molar-refractivity contribution in [2.24, 2.45) is 0 Å². The predicted octanol–water partition coefficient (Wildman–Crippen LogP) is 5.55. The first-order valence-electron chi connectivity index (χ1n) is 6.76. The molecule has 3 rings (SSSR count). The average Bonchev–Trinajstić information content (AvgIpc) is 2.52. The molecule has 0 amide bonds.